The second-order valence-corrected chi connectivity index (χ2v) is 5.04. The SMILES string of the molecule is N#CCOc1ccc(C(=O)C=Cc2ccc(Cl)c([N+](=O)[O-])c2)cc1. The third kappa shape index (κ3) is 4.41. The van der Waals surface area contributed by atoms with Crippen LogP contribution in [0.4, 0.5) is 5.69 Å². The van der Waals surface area contributed by atoms with Crippen LogP contribution in [0.15, 0.2) is 48.5 Å². The topological polar surface area (TPSA) is 93.2 Å². The highest BCUT2D eigenvalue weighted by Crippen LogP contribution is 2.25. The smallest absolute Gasteiger partial charge is 0.288 e. The van der Waals surface area contributed by atoms with E-state index in [1.54, 1.807) is 30.3 Å². The van der Waals surface area contributed by atoms with Gasteiger partial charge >= 0.3 is 0 Å². The highest BCUT2D eigenvalue weighted by Gasteiger charge is 2.11. The van der Waals surface area contributed by atoms with Gasteiger partial charge in [0.25, 0.3) is 5.69 Å². The van der Waals surface area contributed by atoms with Gasteiger partial charge in [0.2, 0.25) is 0 Å². The fourth-order valence-electron chi connectivity index (χ4n) is 1.87. The van der Waals surface area contributed by atoms with Crippen molar-refractivity contribution in [3.05, 3.63) is 74.8 Å². The molecule has 6 nitrogen and oxygen atoms in total. The first-order chi connectivity index (χ1) is 11.5. The summed E-state index contributed by atoms with van der Waals surface area (Å²) in [5.74, 6) is 0.227. The summed E-state index contributed by atoms with van der Waals surface area (Å²) in [6.45, 7) is -0.0669. The van der Waals surface area contributed by atoms with Gasteiger partial charge in [0.15, 0.2) is 12.4 Å². The maximum Gasteiger partial charge on any atom is 0.288 e. The standard InChI is InChI=1S/C17H11ClN2O4/c18-15-7-1-12(11-16(15)20(22)23)2-8-17(21)13-3-5-14(6-4-13)24-10-9-19/h1-8,11H,10H2. The minimum absolute atomic E-state index is 0.0384. The monoisotopic (exact) mass is 342 g/mol. The normalized spacial score (nSPS) is 10.3. The molecule has 0 amide bonds. The molecule has 0 aromatic heterocycles. The fourth-order valence-corrected chi connectivity index (χ4v) is 2.06. The molecular weight excluding hydrogens is 332 g/mol. The lowest BCUT2D eigenvalue weighted by Crippen LogP contribution is -1.96. The highest BCUT2D eigenvalue weighted by molar-refractivity contribution is 6.32. The number of halogens is 1. The molecule has 0 aliphatic rings. The van der Waals surface area contributed by atoms with Gasteiger partial charge in [0, 0.05) is 11.6 Å². The third-order valence-electron chi connectivity index (χ3n) is 3.04. The Kier molecular flexibility index (Phi) is 5.66. The maximum atomic E-state index is 12.1. The van der Waals surface area contributed by atoms with Gasteiger partial charge in [0.1, 0.15) is 16.8 Å². The predicted octanol–water partition coefficient (Wildman–Crippen LogP) is 4.05. The molecule has 0 radical (unpaired) electrons. The zero-order valence-corrected chi connectivity index (χ0v) is 13.1. The summed E-state index contributed by atoms with van der Waals surface area (Å²) < 4.78 is 5.10. The summed E-state index contributed by atoms with van der Waals surface area (Å²) in [5, 5.41) is 19.3. The van der Waals surface area contributed by atoms with Crippen molar-refractivity contribution >= 4 is 29.1 Å². The van der Waals surface area contributed by atoms with Gasteiger partial charge in [-0.25, -0.2) is 0 Å². The molecule has 7 heteroatoms. The molecule has 0 fully saturated rings. The fraction of sp³-hybridized carbons (Fsp3) is 0.0588. The summed E-state index contributed by atoms with van der Waals surface area (Å²) in [6.07, 6.45) is 2.80. The summed E-state index contributed by atoms with van der Waals surface area (Å²) in [4.78, 5) is 22.3. The number of rotatable bonds is 6. The van der Waals surface area contributed by atoms with E-state index in [0.717, 1.165) is 0 Å². The van der Waals surface area contributed by atoms with E-state index in [-0.39, 0.29) is 23.1 Å². The number of carbonyl (C=O) groups excluding carboxylic acids is 1. The molecule has 0 saturated heterocycles. The van der Waals surface area contributed by atoms with Crippen molar-refractivity contribution in [3.8, 4) is 11.8 Å². The molecule has 0 aliphatic carbocycles. The third-order valence-corrected chi connectivity index (χ3v) is 3.36. The number of ketones is 1. The number of hydrogen-bond donors (Lipinski definition) is 0. The Morgan fingerprint density at radius 3 is 2.62 bits per heavy atom. The Morgan fingerprint density at radius 2 is 2.00 bits per heavy atom. The lowest BCUT2D eigenvalue weighted by molar-refractivity contribution is -0.384. The second-order valence-electron chi connectivity index (χ2n) is 4.64. The van der Waals surface area contributed by atoms with E-state index in [0.29, 0.717) is 16.9 Å². The first-order valence-corrected chi connectivity index (χ1v) is 7.15. The molecular formula is C17H11ClN2O4. The molecule has 0 spiro atoms. The Labute approximate surface area is 142 Å². The summed E-state index contributed by atoms with van der Waals surface area (Å²) >= 11 is 5.74. The molecule has 0 bridgehead atoms. The lowest BCUT2D eigenvalue weighted by Gasteiger charge is -2.02. The minimum Gasteiger partial charge on any atom is -0.479 e. The molecule has 2 aromatic rings. The molecule has 0 saturated carbocycles. The minimum atomic E-state index is -0.582. The number of ether oxygens (including phenoxy) is 1. The van der Waals surface area contributed by atoms with Crippen molar-refractivity contribution in [2.75, 3.05) is 6.61 Å². The van der Waals surface area contributed by atoms with E-state index in [1.807, 2.05) is 6.07 Å². The number of nitrogens with zero attached hydrogens (tertiary/aromatic N) is 2. The van der Waals surface area contributed by atoms with Gasteiger partial charge in [-0.3, -0.25) is 14.9 Å². The van der Waals surface area contributed by atoms with Crippen molar-refractivity contribution < 1.29 is 14.5 Å². The van der Waals surface area contributed by atoms with Crippen molar-refractivity contribution in [1.82, 2.24) is 0 Å². The number of nitro benzene ring substituents is 1. The summed E-state index contributed by atoms with van der Waals surface area (Å²) in [6, 6.07) is 12.5. The van der Waals surface area contributed by atoms with Crippen LogP contribution in [0, 0.1) is 21.4 Å². The van der Waals surface area contributed by atoms with Crippen molar-refractivity contribution in [3.63, 3.8) is 0 Å². The molecule has 120 valence electrons. The van der Waals surface area contributed by atoms with Crippen molar-refractivity contribution in [2.45, 2.75) is 0 Å². The first-order valence-electron chi connectivity index (χ1n) is 6.77. The Bertz CT molecular complexity index is 839. The molecule has 0 atom stereocenters. The number of nitro groups is 1. The number of hydrogen-bond acceptors (Lipinski definition) is 5. The molecule has 2 rings (SSSR count). The second kappa shape index (κ2) is 7.90. The Balaban J connectivity index is 2.11. The number of carbonyl (C=O) groups is 1. The van der Waals surface area contributed by atoms with Gasteiger partial charge in [0.05, 0.1) is 4.92 Å². The molecule has 2 aromatic carbocycles. The summed E-state index contributed by atoms with van der Waals surface area (Å²) in [7, 11) is 0. The van der Waals surface area contributed by atoms with Gasteiger partial charge in [-0.1, -0.05) is 23.7 Å². The number of nitriles is 1. The van der Waals surface area contributed by atoms with Crippen molar-refractivity contribution in [1.29, 1.82) is 5.26 Å². The lowest BCUT2D eigenvalue weighted by atomic mass is 10.1. The Morgan fingerprint density at radius 1 is 1.29 bits per heavy atom. The molecule has 0 N–H and O–H groups in total. The average molecular weight is 343 g/mol. The van der Waals surface area contributed by atoms with Crippen LogP contribution < -0.4 is 4.74 Å². The number of allylic oxidation sites excluding steroid dienone is 1. The van der Waals surface area contributed by atoms with Crippen LogP contribution in [0.3, 0.4) is 0 Å². The average Bonchev–Trinajstić information content (AvgIpc) is 2.59. The van der Waals surface area contributed by atoms with Crippen LogP contribution in [0.5, 0.6) is 5.75 Å². The van der Waals surface area contributed by atoms with E-state index in [4.69, 9.17) is 21.6 Å². The van der Waals surface area contributed by atoms with E-state index in [9.17, 15) is 14.9 Å². The van der Waals surface area contributed by atoms with E-state index in [1.165, 1.54) is 24.3 Å². The van der Waals surface area contributed by atoms with E-state index in [2.05, 4.69) is 0 Å². The molecule has 0 aliphatic heterocycles. The summed E-state index contributed by atoms with van der Waals surface area (Å²) in [5.41, 5.74) is 0.706. The van der Waals surface area contributed by atoms with Crippen LogP contribution in [-0.2, 0) is 0 Å². The van der Waals surface area contributed by atoms with Gasteiger partial charge in [-0.15, -0.1) is 0 Å². The quantitative estimate of drug-likeness (QED) is 0.341. The number of benzene rings is 2. The van der Waals surface area contributed by atoms with Crippen LogP contribution >= 0.6 is 11.6 Å². The zero-order chi connectivity index (χ0) is 17.5. The maximum absolute atomic E-state index is 12.1. The van der Waals surface area contributed by atoms with E-state index >= 15 is 0 Å². The Hall–Kier alpha value is -3.17. The highest BCUT2D eigenvalue weighted by atomic mass is 35.5. The van der Waals surface area contributed by atoms with Gasteiger partial charge < -0.3 is 4.74 Å². The van der Waals surface area contributed by atoms with Crippen LogP contribution in [-0.4, -0.2) is 17.3 Å². The van der Waals surface area contributed by atoms with E-state index < -0.39 is 4.92 Å². The largest absolute Gasteiger partial charge is 0.479 e. The first kappa shape index (κ1) is 17.2. The molecule has 0 unspecified atom stereocenters. The predicted molar refractivity (Wildman–Crippen MR) is 89.0 cm³/mol. The van der Waals surface area contributed by atoms with Gasteiger partial charge in [-0.2, -0.15) is 5.26 Å². The van der Waals surface area contributed by atoms with Crippen LogP contribution in [0.25, 0.3) is 6.08 Å². The van der Waals surface area contributed by atoms with Crippen molar-refractivity contribution in [2.24, 2.45) is 0 Å². The van der Waals surface area contributed by atoms with Crippen LogP contribution in [0.1, 0.15) is 15.9 Å². The zero-order valence-electron chi connectivity index (χ0n) is 12.3. The molecule has 24 heavy (non-hydrogen) atoms. The molecule has 0 heterocycles. The van der Waals surface area contributed by atoms with Crippen LogP contribution in [0.2, 0.25) is 5.02 Å². The van der Waals surface area contributed by atoms with Gasteiger partial charge in [-0.05, 0) is 42.0 Å².